The van der Waals surface area contributed by atoms with Crippen LogP contribution in [0.4, 0.5) is 13.2 Å². The minimum Gasteiger partial charge on any atom is -0.378 e. The third-order valence-electron chi connectivity index (χ3n) is 2.55. The Kier molecular flexibility index (Phi) is 4.25. The molecule has 5 nitrogen and oxygen atoms in total. The van der Waals surface area contributed by atoms with E-state index in [2.05, 4.69) is 9.98 Å². The quantitative estimate of drug-likeness (QED) is 0.660. The average molecular weight is 294 g/mol. The zero-order valence-corrected chi connectivity index (χ0v) is 10.8. The Morgan fingerprint density at radius 1 is 1.47 bits per heavy atom. The molecule has 1 saturated heterocycles. The molecule has 19 heavy (non-hydrogen) atoms. The molecule has 0 radical (unpaired) electrons. The van der Waals surface area contributed by atoms with E-state index in [1.807, 2.05) is 4.90 Å². The number of guanidine groups is 1. The van der Waals surface area contributed by atoms with Crippen molar-refractivity contribution < 1.29 is 17.9 Å². The van der Waals surface area contributed by atoms with Crippen LogP contribution < -0.4 is 5.73 Å². The molecule has 0 aliphatic carbocycles. The summed E-state index contributed by atoms with van der Waals surface area (Å²) in [6.45, 7) is 2.49. The van der Waals surface area contributed by atoms with Gasteiger partial charge in [0.05, 0.1) is 19.8 Å². The average Bonchev–Trinajstić information content (AvgIpc) is 2.86. The summed E-state index contributed by atoms with van der Waals surface area (Å²) in [6, 6.07) is 0. The highest BCUT2D eigenvalue weighted by atomic mass is 32.1. The monoisotopic (exact) mass is 294 g/mol. The number of morpholine rings is 1. The van der Waals surface area contributed by atoms with Gasteiger partial charge in [-0.15, -0.1) is 11.3 Å². The van der Waals surface area contributed by atoms with Crippen LogP contribution in [-0.4, -0.2) is 42.1 Å². The summed E-state index contributed by atoms with van der Waals surface area (Å²) < 4.78 is 42.2. The lowest BCUT2D eigenvalue weighted by Gasteiger charge is -2.27. The van der Waals surface area contributed by atoms with Crippen molar-refractivity contribution in [1.82, 2.24) is 9.88 Å². The predicted octanol–water partition coefficient (Wildman–Crippen LogP) is 1.31. The molecule has 0 saturated carbocycles. The van der Waals surface area contributed by atoms with Crippen molar-refractivity contribution in [3.05, 3.63) is 16.1 Å². The van der Waals surface area contributed by atoms with Crippen LogP contribution in [0.1, 0.15) is 10.7 Å². The summed E-state index contributed by atoms with van der Waals surface area (Å²) in [5.74, 6) is 0.312. The largest absolute Gasteiger partial charge is 0.434 e. The Balaban J connectivity index is 1.95. The van der Waals surface area contributed by atoms with Crippen molar-refractivity contribution >= 4 is 17.3 Å². The number of nitrogens with two attached hydrogens (primary N) is 1. The first-order valence-corrected chi connectivity index (χ1v) is 6.49. The molecule has 0 spiro atoms. The van der Waals surface area contributed by atoms with E-state index in [4.69, 9.17) is 10.5 Å². The van der Waals surface area contributed by atoms with Crippen LogP contribution >= 0.6 is 11.3 Å². The molecule has 2 heterocycles. The number of aromatic nitrogens is 1. The van der Waals surface area contributed by atoms with Gasteiger partial charge in [0.1, 0.15) is 5.01 Å². The summed E-state index contributed by atoms with van der Waals surface area (Å²) in [4.78, 5) is 9.38. The molecule has 0 amide bonds. The molecule has 0 unspecified atom stereocenters. The van der Waals surface area contributed by atoms with Crippen LogP contribution in [0.3, 0.4) is 0 Å². The van der Waals surface area contributed by atoms with Crippen LogP contribution in [0.15, 0.2) is 10.4 Å². The van der Waals surface area contributed by atoms with Gasteiger partial charge in [-0.05, 0) is 0 Å². The number of nitrogens with zero attached hydrogens (tertiary/aromatic N) is 3. The van der Waals surface area contributed by atoms with Gasteiger partial charge in [-0.25, -0.2) is 9.98 Å². The standard InChI is InChI=1S/C10H13F3N4OS/c11-10(12,13)7-6-19-8(16-7)5-15-9(14)17-1-3-18-4-2-17/h6H,1-5H2,(H2,14,15). The lowest BCUT2D eigenvalue weighted by Crippen LogP contribution is -2.44. The molecule has 2 N–H and O–H groups in total. The maximum atomic E-state index is 12.4. The van der Waals surface area contributed by atoms with Crippen molar-refractivity contribution in [3.63, 3.8) is 0 Å². The molecule has 1 fully saturated rings. The van der Waals surface area contributed by atoms with E-state index in [-0.39, 0.29) is 6.54 Å². The van der Waals surface area contributed by atoms with Gasteiger partial charge in [-0.3, -0.25) is 0 Å². The van der Waals surface area contributed by atoms with Crippen molar-refractivity contribution in [1.29, 1.82) is 0 Å². The Bertz CT molecular complexity index is 454. The van der Waals surface area contributed by atoms with Crippen LogP contribution in [0.5, 0.6) is 0 Å². The Morgan fingerprint density at radius 3 is 2.74 bits per heavy atom. The molecule has 106 valence electrons. The van der Waals surface area contributed by atoms with Gasteiger partial charge in [-0.2, -0.15) is 13.2 Å². The van der Waals surface area contributed by atoms with Crippen molar-refractivity contribution in [3.8, 4) is 0 Å². The van der Waals surface area contributed by atoms with Gasteiger partial charge < -0.3 is 15.4 Å². The highest BCUT2D eigenvalue weighted by molar-refractivity contribution is 7.09. The maximum absolute atomic E-state index is 12.4. The predicted molar refractivity (Wildman–Crippen MR) is 64.8 cm³/mol. The smallest absolute Gasteiger partial charge is 0.378 e. The first-order chi connectivity index (χ1) is 8.97. The fourth-order valence-electron chi connectivity index (χ4n) is 1.55. The molecule has 1 aromatic heterocycles. The van der Waals surface area contributed by atoms with Gasteiger partial charge in [-0.1, -0.05) is 0 Å². The first kappa shape index (κ1) is 14.1. The van der Waals surface area contributed by atoms with Gasteiger partial charge in [0, 0.05) is 18.5 Å². The van der Waals surface area contributed by atoms with Crippen LogP contribution in [0.25, 0.3) is 0 Å². The number of thiazole rings is 1. The summed E-state index contributed by atoms with van der Waals surface area (Å²) in [5.41, 5.74) is 4.88. The van der Waals surface area contributed by atoms with E-state index in [1.165, 1.54) is 0 Å². The number of halogens is 3. The Labute approximate surface area is 111 Å². The fraction of sp³-hybridized carbons (Fsp3) is 0.600. The molecule has 9 heteroatoms. The second-order valence-electron chi connectivity index (χ2n) is 3.90. The SMILES string of the molecule is NC(=NCc1nc(C(F)(F)F)cs1)N1CCOCC1. The summed E-state index contributed by atoms with van der Waals surface area (Å²) in [5, 5.41) is 1.28. The normalized spacial score (nSPS) is 17.8. The molecule has 1 aliphatic rings. The number of alkyl halides is 3. The van der Waals surface area contributed by atoms with Gasteiger partial charge in [0.2, 0.25) is 0 Å². The van der Waals surface area contributed by atoms with E-state index in [9.17, 15) is 13.2 Å². The number of rotatable bonds is 2. The third-order valence-corrected chi connectivity index (χ3v) is 3.39. The minimum absolute atomic E-state index is 0.0595. The van der Waals surface area contributed by atoms with E-state index < -0.39 is 11.9 Å². The number of hydrogen-bond donors (Lipinski definition) is 1. The van der Waals surface area contributed by atoms with Crippen LogP contribution in [0.2, 0.25) is 0 Å². The van der Waals surface area contributed by atoms with Crippen LogP contribution in [-0.2, 0) is 17.5 Å². The van der Waals surface area contributed by atoms with Crippen molar-refractivity contribution in [2.75, 3.05) is 26.3 Å². The molecule has 0 aromatic carbocycles. The lowest BCUT2D eigenvalue weighted by atomic mass is 10.4. The molecule has 0 atom stereocenters. The second kappa shape index (κ2) is 5.74. The van der Waals surface area contributed by atoms with Gasteiger partial charge >= 0.3 is 6.18 Å². The van der Waals surface area contributed by atoms with E-state index in [0.29, 0.717) is 37.3 Å². The fourth-order valence-corrected chi connectivity index (χ4v) is 2.28. The second-order valence-corrected chi connectivity index (χ2v) is 4.84. The molecular weight excluding hydrogens is 281 g/mol. The van der Waals surface area contributed by atoms with Crippen molar-refractivity contribution in [2.45, 2.75) is 12.7 Å². The highest BCUT2D eigenvalue weighted by Crippen LogP contribution is 2.30. The van der Waals surface area contributed by atoms with Gasteiger partial charge in [0.25, 0.3) is 0 Å². The molecular formula is C10H13F3N4OS. The number of ether oxygens (including phenoxy) is 1. The lowest BCUT2D eigenvalue weighted by molar-refractivity contribution is -0.140. The van der Waals surface area contributed by atoms with Crippen molar-refractivity contribution in [2.24, 2.45) is 10.7 Å². The number of hydrogen-bond acceptors (Lipinski definition) is 4. The van der Waals surface area contributed by atoms with Gasteiger partial charge in [0.15, 0.2) is 11.7 Å². The maximum Gasteiger partial charge on any atom is 0.434 e. The zero-order chi connectivity index (χ0) is 13.9. The Hall–Kier alpha value is -1.35. The van der Waals surface area contributed by atoms with E-state index in [1.54, 1.807) is 0 Å². The van der Waals surface area contributed by atoms with E-state index in [0.717, 1.165) is 16.7 Å². The zero-order valence-electron chi connectivity index (χ0n) is 9.98. The summed E-state index contributed by atoms with van der Waals surface area (Å²) in [7, 11) is 0. The summed E-state index contributed by atoms with van der Waals surface area (Å²) >= 11 is 0.928. The minimum atomic E-state index is -4.41. The highest BCUT2D eigenvalue weighted by Gasteiger charge is 2.33. The Morgan fingerprint density at radius 2 is 2.16 bits per heavy atom. The number of aliphatic imine (C=N–C) groups is 1. The molecule has 1 aromatic rings. The molecule has 1 aliphatic heterocycles. The first-order valence-electron chi connectivity index (χ1n) is 5.61. The molecule has 2 rings (SSSR count). The summed E-state index contributed by atoms with van der Waals surface area (Å²) in [6.07, 6.45) is -4.41. The van der Waals surface area contributed by atoms with Crippen LogP contribution in [0, 0.1) is 0 Å². The topological polar surface area (TPSA) is 63.7 Å². The van der Waals surface area contributed by atoms with E-state index >= 15 is 0 Å². The molecule has 0 bridgehead atoms. The third kappa shape index (κ3) is 3.80.